The molecule has 3 rings (SSSR count). The molecular weight excluding hydrogens is 274 g/mol. The van der Waals surface area contributed by atoms with E-state index in [9.17, 15) is 9.59 Å². The number of nitrogens with zero attached hydrogens (tertiary/aromatic N) is 2. The van der Waals surface area contributed by atoms with E-state index in [1.165, 1.54) is 0 Å². The van der Waals surface area contributed by atoms with Gasteiger partial charge in [0.15, 0.2) is 0 Å². The molecule has 0 unspecified atom stereocenters. The van der Waals surface area contributed by atoms with E-state index < -0.39 is 0 Å². The molecule has 2 fully saturated rings. The maximum atomic E-state index is 12.1. The molecule has 1 aromatic heterocycles. The summed E-state index contributed by atoms with van der Waals surface area (Å²) in [5, 5.41) is 9.80. The van der Waals surface area contributed by atoms with Crippen LogP contribution in [0.4, 0.5) is 0 Å². The average Bonchev–Trinajstić information content (AvgIpc) is 2.98. The van der Waals surface area contributed by atoms with E-state index in [0.717, 1.165) is 5.69 Å². The number of carbonyl (C=O) groups is 3. The Bertz CT molecular complexity index is 504. The lowest BCUT2D eigenvalue weighted by molar-refractivity contribution is -0.130. The number of nitrogens with one attached hydrogen (secondary N) is 1. The Kier molecular flexibility index (Phi) is 4.86. The Morgan fingerprint density at radius 3 is 2.86 bits per heavy atom. The molecule has 2 aliphatic rings. The van der Waals surface area contributed by atoms with Crippen LogP contribution in [0.5, 0.6) is 0 Å². The van der Waals surface area contributed by atoms with E-state index in [4.69, 9.17) is 9.90 Å². The van der Waals surface area contributed by atoms with Crippen LogP contribution in [0.25, 0.3) is 0 Å². The van der Waals surface area contributed by atoms with Crippen LogP contribution in [0.2, 0.25) is 0 Å². The first-order valence-electron chi connectivity index (χ1n) is 6.69. The summed E-state index contributed by atoms with van der Waals surface area (Å²) < 4.78 is 0. The van der Waals surface area contributed by atoms with E-state index in [1.54, 1.807) is 6.20 Å². The normalized spacial score (nSPS) is 22.9. The predicted molar refractivity (Wildman–Crippen MR) is 73.3 cm³/mol. The van der Waals surface area contributed by atoms with Gasteiger partial charge in [-0.2, -0.15) is 0 Å². The summed E-state index contributed by atoms with van der Waals surface area (Å²) in [6.07, 6.45) is 2.59. The quantitative estimate of drug-likeness (QED) is 0.727. The molecule has 7 heteroatoms. The second-order valence-electron chi connectivity index (χ2n) is 5.04. The summed E-state index contributed by atoms with van der Waals surface area (Å²) in [7, 11) is 0. The zero-order chi connectivity index (χ0) is 15.2. The minimum Gasteiger partial charge on any atom is -0.483 e. The van der Waals surface area contributed by atoms with Gasteiger partial charge in [0.05, 0.1) is 12.5 Å². The summed E-state index contributed by atoms with van der Waals surface area (Å²) in [4.78, 5) is 37.7. The largest absolute Gasteiger partial charge is 0.483 e. The van der Waals surface area contributed by atoms with E-state index in [2.05, 4.69) is 10.3 Å². The molecule has 3 heterocycles. The van der Waals surface area contributed by atoms with Crippen molar-refractivity contribution in [2.75, 3.05) is 13.1 Å². The maximum Gasteiger partial charge on any atom is 0.290 e. The molecule has 1 aromatic rings. The average molecular weight is 291 g/mol. The molecule has 112 valence electrons. The van der Waals surface area contributed by atoms with Gasteiger partial charge in [-0.05, 0) is 12.1 Å². The van der Waals surface area contributed by atoms with Gasteiger partial charge in [-0.3, -0.25) is 19.4 Å². The highest BCUT2D eigenvalue weighted by Gasteiger charge is 2.41. The smallest absolute Gasteiger partial charge is 0.290 e. The Morgan fingerprint density at radius 2 is 2.24 bits per heavy atom. The van der Waals surface area contributed by atoms with Gasteiger partial charge >= 0.3 is 0 Å². The molecule has 0 spiro atoms. The van der Waals surface area contributed by atoms with Gasteiger partial charge < -0.3 is 15.3 Å². The third-order valence-corrected chi connectivity index (χ3v) is 3.65. The fraction of sp³-hybridized carbons (Fsp3) is 0.429. The van der Waals surface area contributed by atoms with Gasteiger partial charge in [0.1, 0.15) is 0 Å². The van der Waals surface area contributed by atoms with Crippen LogP contribution < -0.4 is 5.32 Å². The summed E-state index contributed by atoms with van der Waals surface area (Å²) in [5.74, 6) is 0.504. The minimum atomic E-state index is -0.250. The number of aromatic nitrogens is 1. The summed E-state index contributed by atoms with van der Waals surface area (Å²) in [6, 6.07) is 5.74. The number of rotatable bonds is 2. The van der Waals surface area contributed by atoms with E-state index in [1.807, 2.05) is 23.1 Å². The number of hydrogen-bond donors (Lipinski definition) is 2. The molecule has 0 bridgehead atoms. The fourth-order valence-electron chi connectivity index (χ4n) is 2.72. The topological polar surface area (TPSA) is 99.6 Å². The maximum absolute atomic E-state index is 12.1. The van der Waals surface area contributed by atoms with Crippen molar-refractivity contribution in [1.29, 1.82) is 0 Å². The first-order chi connectivity index (χ1) is 10.1. The van der Waals surface area contributed by atoms with Crippen LogP contribution in [0.3, 0.4) is 0 Å². The molecule has 2 N–H and O–H groups in total. The number of amides is 2. The first kappa shape index (κ1) is 15.0. The van der Waals surface area contributed by atoms with Crippen LogP contribution in [-0.2, 0) is 20.8 Å². The van der Waals surface area contributed by atoms with E-state index >= 15 is 0 Å². The molecule has 2 amide bonds. The van der Waals surface area contributed by atoms with Gasteiger partial charge in [0.25, 0.3) is 6.47 Å². The molecule has 7 nitrogen and oxygen atoms in total. The lowest BCUT2D eigenvalue weighted by atomic mass is 10.1. The van der Waals surface area contributed by atoms with Crippen LogP contribution >= 0.6 is 0 Å². The van der Waals surface area contributed by atoms with Crippen molar-refractivity contribution in [2.45, 2.75) is 18.9 Å². The van der Waals surface area contributed by atoms with Gasteiger partial charge in [-0.15, -0.1) is 0 Å². The number of fused-ring (bicyclic) bond motifs is 1. The number of pyridine rings is 1. The standard InChI is InChI=1S/C13H15N3O2.CH2O2/c17-12-5-9-7-16(8-11(9)15-12)13(18)6-10-3-1-2-4-14-10;2-1-3/h1-4,9,11H,5-8H2,(H,15,17);1H,(H,2,3)/t9-,11+;/m0./s1. The van der Waals surface area contributed by atoms with Crippen molar-refractivity contribution >= 4 is 18.3 Å². The first-order valence-corrected chi connectivity index (χ1v) is 6.69. The molecule has 0 radical (unpaired) electrons. The molecular formula is C14H17N3O4. The van der Waals surface area contributed by atoms with Gasteiger partial charge in [-0.25, -0.2) is 0 Å². The molecule has 0 aromatic carbocycles. The number of hydrogen-bond acceptors (Lipinski definition) is 4. The van der Waals surface area contributed by atoms with Gasteiger partial charge in [-0.1, -0.05) is 6.07 Å². The van der Waals surface area contributed by atoms with E-state index in [0.29, 0.717) is 31.8 Å². The van der Waals surface area contributed by atoms with Crippen molar-refractivity contribution < 1.29 is 19.5 Å². The Balaban J connectivity index is 0.000000497. The fourth-order valence-corrected chi connectivity index (χ4v) is 2.72. The number of carbonyl (C=O) groups excluding carboxylic acids is 2. The SMILES string of the molecule is O=C1C[C@H]2CN(C(=O)Cc3ccccn3)C[C@H]2N1.O=CO. The second kappa shape index (κ2) is 6.83. The molecule has 21 heavy (non-hydrogen) atoms. The van der Waals surface area contributed by atoms with Gasteiger partial charge in [0, 0.05) is 37.3 Å². The Labute approximate surface area is 122 Å². The molecule has 2 aliphatic heterocycles. The Hall–Kier alpha value is -2.44. The van der Waals surface area contributed by atoms with Crippen molar-refractivity contribution in [3.63, 3.8) is 0 Å². The van der Waals surface area contributed by atoms with Crippen molar-refractivity contribution in [1.82, 2.24) is 15.2 Å². The molecule has 0 saturated carbocycles. The zero-order valence-electron chi connectivity index (χ0n) is 11.4. The highest BCUT2D eigenvalue weighted by molar-refractivity contribution is 5.82. The van der Waals surface area contributed by atoms with Crippen LogP contribution in [0, 0.1) is 5.92 Å². The monoisotopic (exact) mass is 291 g/mol. The highest BCUT2D eigenvalue weighted by atomic mass is 16.3. The van der Waals surface area contributed by atoms with Crippen molar-refractivity contribution in [3.8, 4) is 0 Å². The summed E-state index contributed by atoms with van der Waals surface area (Å²) in [5.41, 5.74) is 0.795. The predicted octanol–water partition coefficient (Wildman–Crippen LogP) is -0.328. The van der Waals surface area contributed by atoms with Crippen LogP contribution in [-0.4, -0.2) is 52.4 Å². The second-order valence-corrected chi connectivity index (χ2v) is 5.04. The third kappa shape index (κ3) is 3.77. The summed E-state index contributed by atoms with van der Waals surface area (Å²) in [6.45, 7) is 1.08. The lowest BCUT2D eigenvalue weighted by Crippen LogP contribution is -2.36. The third-order valence-electron chi connectivity index (χ3n) is 3.65. The van der Waals surface area contributed by atoms with Crippen LogP contribution in [0.1, 0.15) is 12.1 Å². The molecule has 0 aliphatic carbocycles. The summed E-state index contributed by atoms with van der Waals surface area (Å²) >= 11 is 0. The highest BCUT2D eigenvalue weighted by Crippen LogP contribution is 2.25. The van der Waals surface area contributed by atoms with Crippen LogP contribution in [0.15, 0.2) is 24.4 Å². The zero-order valence-corrected chi connectivity index (χ0v) is 11.4. The molecule has 2 saturated heterocycles. The van der Waals surface area contributed by atoms with Gasteiger partial charge in [0.2, 0.25) is 11.8 Å². The van der Waals surface area contributed by atoms with E-state index in [-0.39, 0.29) is 24.3 Å². The number of carboxylic acid groups (broad SMARTS) is 1. The minimum absolute atomic E-state index is 0.0948. The Morgan fingerprint density at radius 1 is 1.48 bits per heavy atom. The van der Waals surface area contributed by atoms with Crippen molar-refractivity contribution in [2.24, 2.45) is 5.92 Å². The molecule has 2 atom stereocenters. The lowest BCUT2D eigenvalue weighted by Gasteiger charge is -2.16. The number of likely N-dealkylation sites (tertiary alicyclic amines) is 1. The van der Waals surface area contributed by atoms with Crippen molar-refractivity contribution in [3.05, 3.63) is 30.1 Å².